The lowest BCUT2D eigenvalue weighted by Gasteiger charge is -2.46. The van der Waals surface area contributed by atoms with Crippen LogP contribution < -0.4 is 0 Å². The molecule has 0 spiro atoms. The smallest absolute Gasteiger partial charge is 0.0326 e. The SMILES string of the molecule is CCCC(C)C1CC(C)C(C)(C)CC1C. The largest absolute Gasteiger partial charge is 0.0654 e. The minimum Gasteiger partial charge on any atom is -0.0654 e. The van der Waals surface area contributed by atoms with Gasteiger partial charge in [-0.15, -0.1) is 0 Å². The van der Waals surface area contributed by atoms with Crippen molar-refractivity contribution in [2.45, 2.75) is 67.2 Å². The van der Waals surface area contributed by atoms with Gasteiger partial charge in [-0.2, -0.15) is 0 Å². The Morgan fingerprint density at radius 3 is 2.40 bits per heavy atom. The minimum atomic E-state index is 0.571. The Balaban J connectivity index is 2.62. The summed E-state index contributed by atoms with van der Waals surface area (Å²) in [6.45, 7) is 14.6. The van der Waals surface area contributed by atoms with E-state index in [0.29, 0.717) is 5.41 Å². The van der Waals surface area contributed by atoms with Crippen molar-refractivity contribution in [1.29, 1.82) is 0 Å². The molecule has 1 fully saturated rings. The first-order chi connectivity index (χ1) is 6.88. The average Bonchev–Trinajstić information content (AvgIpc) is 2.11. The average molecular weight is 210 g/mol. The van der Waals surface area contributed by atoms with Crippen LogP contribution in [0.3, 0.4) is 0 Å². The zero-order valence-electron chi connectivity index (χ0n) is 11.6. The third-order valence-electron chi connectivity index (χ3n) is 5.01. The summed E-state index contributed by atoms with van der Waals surface area (Å²) in [5, 5.41) is 0. The van der Waals surface area contributed by atoms with Gasteiger partial charge < -0.3 is 0 Å². The lowest BCUT2D eigenvalue weighted by Crippen LogP contribution is -2.37. The predicted molar refractivity (Wildman–Crippen MR) is 68.9 cm³/mol. The summed E-state index contributed by atoms with van der Waals surface area (Å²) in [6.07, 6.45) is 5.65. The monoisotopic (exact) mass is 210 g/mol. The van der Waals surface area contributed by atoms with Crippen molar-refractivity contribution in [3.8, 4) is 0 Å². The van der Waals surface area contributed by atoms with Crippen molar-refractivity contribution in [2.24, 2.45) is 29.1 Å². The van der Waals surface area contributed by atoms with Gasteiger partial charge >= 0.3 is 0 Å². The van der Waals surface area contributed by atoms with Crippen molar-refractivity contribution in [1.82, 2.24) is 0 Å². The summed E-state index contributed by atoms with van der Waals surface area (Å²) >= 11 is 0. The molecule has 1 aliphatic carbocycles. The van der Waals surface area contributed by atoms with Crippen LogP contribution >= 0.6 is 0 Å². The summed E-state index contributed by atoms with van der Waals surface area (Å²) in [7, 11) is 0. The Kier molecular flexibility index (Phi) is 4.26. The van der Waals surface area contributed by atoms with E-state index in [4.69, 9.17) is 0 Å². The molecule has 90 valence electrons. The maximum atomic E-state index is 2.48. The zero-order chi connectivity index (χ0) is 11.6. The molecule has 0 aromatic heterocycles. The lowest BCUT2D eigenvalue weighted by molar-refractivity contribution is 0.0376. The second kappa shape index (κ2) is 4.89. The standard InChI is InChI=1S/C15H30/c1-7-8-11(2)14-9-13(4)15(5,6)10-12(14)3/h11-14H,7-10H2,1-6H3. The fraction of sp³-hybridized carbons (Fsp3) is 1.00. The highest BCUT2D eigenvalue weighted by Gasteiger charge is 2.39. The third kappa shape index (κ3) is 2.98. The normalized spacial score (nSPS) is 37.6. The fourth-order valence-electron chi connectivity index (χ4n) is 3.60. The number of hydrogen-bond donors (Lipinski definition) is 0. The molecular formula is C15H30. The van der Waals surface area contributed by atoms with Gasteiger partial charge in [0.15, 0.2) is 0 Å². The predicted octanol–water partition coefficient (Wildman–Crippen LogP) is 5.13. The topological polar surface area (TPSA) is 0 Å². The third-order valence-corrected chi connectivity index (χ3v) is 5.01. The molecule has 0 bridgehead atoms. The van der Waals surface area contributed by atoms with Crippen molar-refractivity contribution >= 4 is 0 Å². The molecule has 0 saturated heterocycles. The van der Waals surface area contributed by atoms with Crippen LogP contribution in [0.15, 0.2) is 0 Å². The van der Waals surface area contributed by atoms with Crippen LogP contribution in [0.4, 0.5) is 0 Å². The van der Waals surface area contributed by atoms with Crippen molar-refractivity contribution < 1.29 is 0 Å². The molecule has 0 N–H and O–H groups in total. The van der Waals surface area contributed by atoms with Crippen LogP contribution in [0.5, 0.6) is 0 Å². The minimum absolute atomic E-state index is 0.571. The van der Waals surface area contributed by atoms with Crippen molar-refractivity contribution in [3.05, 3.63) is 0 Å². The Bertz CT molecular complexity index is 192. The first-order valence-electron chi connectivity index (χ1n) is 6.88. The van der Waals surface area contributed by atoms with E-state index in [2.05, 4.69) is 41.5 Å². The van der Waals surface area contributed by atoms with Gasteiger partial charge in [-0.05, 0) is 41.9 Å². The van der Waals surface area contributed by atoms with E-state index in [0.717, 1.165) is 23.7 Å². The van der Waals surface area contributed by atoms with E-state index >= 15 is 0 Å². The maximum absolute atomic E-state index is 2.48. The van der Waals surface area contributed by atoms with Crippen molar-refractivity contribution in [3.63, 3.8) is 0 Å². The lowest BCUT2D eigenvalue weighted by atomic mass is 9.59. The van der Waals surface area contributed by atoms with Crippen LogP contribution in [0.1, 0.15) is 67.2 Å². The Morgan fingerprint density at radius 2 is 1.87 bits per heavy atom. The molecule has 0 nitrogen and oxygen atoms in total. The molecule has 15 heavy (non-hydrogen) atoms. The van der Waals surface area contributed by atoms with E-state index in [9.17, 15) is 0 Å². The van der Waals surface area contributed by atoms with E-state index in [1.165, 1.54) is 25.7 Å². The Morgan fingerprint density at radius 1 is 1.27 bits per heavy atom. The van der Waals surface area contributed by atoms with Gasteiger partial charge in [0, 0.05) is 0 Å². The molecule has 0 heterocycles. The van der Waals surface area contributed by atoms with Gasteiger partial charge in [0.05, 0.1) is 0 Å². The second-order valence-electron chi connectivity index (χ2n) is 6.74. The molecular weight excluding hydrogens is 180 g/mol. The highest BCUT2D eigenvalue weighted by Crippen LogP contribution is 2.48. The molecule has 0 aromatic rings. The zero-order valence-corrected chi connectivity index (χ0v) is 11.6. The van der Waals surface area contributed by atoms with Crippen LogP contribution in [0, 0.1) is 29.1 Å². The molecule has 0 amide bonds. The van der Waals surface area contributed by atoms with Crippen molar-refractivity contribution in [2.75, 3.05) is 0 Å². The van der Waals surface area contributed by atoms with Gasteiger partial charge in [0.1, 0.15) is 0 Å². The molecule has 4 atom stereocenters. The molecule has 1 saturated carbocycles. The number of hydrogen-bond acceptors (Lipinski definition) is 0. The van der Waals surface area contributed by atoms with E-state index in [1.54, 1.807) is 0 Å². The molecule has 0 aliphatic heterocycles. The van der Waals surface area contributed by atoms with Gasteiger partial charge in [0.2, 0.25) is 0 Å². The fourth-order valence-corrected chi connectivity index (χ4v) is 3.60. The Hall–Kier alpha value is 0. The quantitative estimate of drug-likeness (QED) is 0.605. The first kappa shape index (κ1) is 13.1. The van der Waals surface area contributed by atoms with E-state index in [-0.39, 0.29) is 0 Å². The van der Waals surface area contributed by atoms with E-state index < -0.39 is 0 Å². The summed E-state index contributed by atoms with van der Waals surface area (Å²) < 4.78 is 0. The molecule has 4 unspecified atom stereocenters. The van der Waals surface area contributed by atoms with Gasteiger partial charge in [-0.1, -0.05) is 54.4 Å². The van der Waals surface area contributed by atoms with E-state index in [1.807, 2.05) is 0 Å². The van der Waals surface area contributed by atoms with Crippen LogP contribution in [0.25, 0.3) is 0 Å². The molecule has 0 radical (unpaired) electrons. The van der Waals surface area contributed by atoms with Crippen LogP contribution in [-0.2, 0) is 0 Å². The molecule has 0 aromatic carbocycles. The molecule has 1 rings (SSSR count). The maximum Gasteiger partial charge on any atom is -0.0326 e. The van der Waals surface area contributed by atoms with Gasteiger partial charge in [-0.3, -0.25) is 0 Å². The summed E-state index contributed by atoms with van der Waals surface area (Å²) in [6, 6.07) is 0. The van der Waals surface area contributed by atoms with Gasteiger partial charge in [0.25, 0.3) is 0 Å². The highest BCUT2D eigenvalue weighted by molar-refractivity contribution is 4.89. The molecule has 0 heteroatoms. The number of rotatable bonds is 3. The Labute approximate surface area is 96.8 Å². The summed E-state index contributed by atoms with van der Waals surface area (Å²) in [5.74, 6) is 3.74. The second-order valence-corrected chi connectivity index (χ2v) is 6.74. The van der Waals surface area contributed by atoms with Crippen LogP contribution in [-0.4, -0.2) is 0 Å². The summed E-state index contributed by atoms with van der Waals surface area (Å²) in [4.78, 5) is 0. The van der Waals surface area contributed by atoms with Crippen LogP contribution in [0.2, 0.25) is 0 Å². The first-order valence-corrected chi connectivity index (χ1v) is 6.88. The van der Waals surface area contributed by atoms with Gasteiger partial charge in [-0.25, -0.2) is 0 Å². The highest BCUT2D eigenvalue weighted by atomic mass is 14.4. The summed E-state index contributed by atoms with van der Waals surface area (Å²) in [5.41, 5.74) is 0.571. The molecule has 1 aliphatic rings.